The number of aromatic nitrogens is 3. The number of furan rings is 1. The van der Waals surface area contributed by atoms with Gasteiger partial charge in [0.2, 0.25) is 5.91 Å². The van der Waals surface area contributed by atoms with Crippen LogP contribution in [0.3, 0.4) is 0 Å². The van der Waals surface area contributed by atoms with E-state index in [1.54, 1.807) is 6.26 Å². The van der Waals surface area contributed by atoms with Crippen LogP contribution < -0.4 is 5.32 Å². The topological polar surface area (TPSA) is 76.2 Å². The van der Waals surface area contributed by atoms with Gasteiger partial charge in [0.1, 0.15) is 11.6 Å². The van der Waals surface area contributed by atoms with Gasteiger partial charge in [-0.1, -0.05) is 38.1 Å². The van der Waals surface area contributed by atoms with Crippen molar-refractivity contribution in [3.8, 4) is 11.3 Å². The molecule has 0 unspecified atom stereocenters. The summed E-state index contributed by atoms with van der Waals surface area (Å²) in [5.41, 5.74) is 2.37. The quantitative estimate of drug-likeness (QED) is 0.677. The van der Waals surface area contributed by atoms with Crippen molar-refractivity contribution < 1.29 is 9.21 Å². The number of amides is 1. The number of benzene rings is 1. The van der Waals surface area contributed by atoms with E-state index in [9.17, 15) is 4.79 Å². The second-order valence-electron chi connectivity index (χ2n) is 8.21. The lowest BCUT2D eigenvalue weighted by molar-refractivity contribution is -0.124. The van der Waals surface area contributed by atoms with Crippen molar-refractivity contribution in [2.24, 2.45) is 5.92 Å². The van der Waals surface area contributed by atoms with E-state index >= 15 is 0 Å². The Morgan fingerprint density at radius 3 is 2.60 bits per heavy atom. The molecule has 7 nitrogen and oxygen atoms in total. The van der Waals surface area contributed by atoms with Crippen molar-refractivity contribution in [2.75, 3.05) is 13.1 Å². The molecule has 3 heterocycles. The molecule has 30 heavy (non-hydrogen) atoms. The van der Waals surface area contributed by atoms with Gasteiger partial charge in [-0.25, -0.2) is 0 Å². The number of nitrogens with zero attached hydrogens (tertiary/aromatic N) is 4. The first kappa shape index (κ1) is 20.3. The van der Waals surface area contributed by atoms with Crippen molar-refractivity contribution in [3.63, 3.8) is 0 Å². The van der Waals surface area contributed by atoms with Crippen molar-refractivity contribution in [1.29, 1.82) is 0 Å². The molecule has 4 rings (SSSR count). The molecular weight excluding hydrogens is 378 g/mol. The molecule has 158 valence electrons. The Kier molecular flexibility index (Phi) is 5.99. The highest BCUT2D eigenvalue weighted by molar-refractivity contribution is 5.78. The second kappa shape index (κ2) is 8.83. The van der Waals surface area contributed by atoms with E-state index in [1.165, 1.54) is 5.56 Å². The average molecular weight is 408 g/mol. The Morgan fingerprint density at radius 2 is 1.90 bits per heavy atom. The Bertz CT molecular complexity index is 976. The molecular formula is C23H29N5O2. The van der Waals surface area contributed by atoms with Gasteiger partial charge < -0.3 is 14.3 Å². The molecule has 1 aromatic carbocycles. The highest BCUT2D eigenvalue weighted by Crippen LogP contribution is 2.21. The van der Waals surface area contributed by atoms with Gasteiger partial charge in [0, 0.05) is 44.1 Å². The Labute approximate surface area is 177 Å². The molecule has 1 atom stereocenters. The maximum absolute atomic E-state index is 12.1. The number of carbonyl (C=O) groups is 1. The third-order valence-corrected chi connectivity index (χ3v) is 5.58. The number of rotatable bonds is 6. The maximum Gasteiger partial charge on any atom is 0.223 e. The summed E-state index contributed by atoms with van der Waals surface area (Å²) in [5, 5.41) is 11.8. The lowest BCUT2D eigenvalue weighted by Crippen LogP contribution is -2.32. The fourth-order valence-electron chi connectivity index (χ4n) is 3.79. The first-order valence-corrected chi connectivity index (χ1v) is 10.6. The van der Waals surface area contributed by atoms with Gasteiger partial charge in [-0.05, 0) is 24.6 Å². The number of hydrogen-bond donors (Lipinski definition) is 1. The summed E-state index contributed by atoms with van der Waals surface area (Å²) in [6, 6.07) is 12.3. The van der Waals surface area contributed by atoms with E-state index in [2.05, 4.69) is 49.2 Å². The SMILES string of the molecule is CC(C)C(=O)N[C@H](C)c1nnc2n1CCN(Cc1ccc(-c3ccco3)cc1)CC2. The van der Waals surface area contributed by atoms with E-state index in [0.717, 1.165) is 55.6 Å². The summed E-state index contributed by atoms with van der Waals surface area (Å²) in [6.45, 7) is 9.33. The molecule has 7 heteroatoms. The maximum atomic E-state index is 12.1. The van der Waals surface area contributed by atoms with E-state index in [4.69, 9.17) is 4.42 Å². The lowest BCUT2D eigenvalue weighted by atomic mass is 10.1. The molecule has 0 bridgehead atoms. The zero-order chi connectivity index (χ0) is 21.1. The minimum absolute atomic E-state index is 0.0353. The van der Waals surface area contributed by atoms with Crippen LogP contribution in [0.2, 0.25) is 0 Å². The molecule has 2 aromatic heterocycles. The second-order valence-corrected chi connectivity index (χ2v) is 8.21. The van der Waals surface area contributed by atoms with Gasteiger partial charge in [-0.3, -0.25) is 9.69 Å². The third kappa shape index (κ3) is 4.46. The van der Waals surface area contributed by atoms with Crippen LogP contribution in [-0.2, 0) is 24.3 Å². The third-order valence-electron chi connectivity index (χ3n) is 5.58. The summed E-state index contributed by atoms with van der Waals surface area (Å²) < 4.78 is 7.64. The number of fused-ring (bicyclic) bond motifs is 1. The molecule has 1 aliphatic rings. The summed E-state index contributed by atoms with van der Waals surface area (Å²) in [7, 11) is 0. The average Bonchev–Trinajstić information content (AvgIpc) is 3.37. The monoisotopic (exact) mass is 407 g/mol. The largest absolute Gasteiger partial charge is 0.464 e. The molecule has 3 aromatic rings. The summed E-state index contributed by atoms with van der Waals surface area (Å²) in [4.78, 5) is 14.5. The van der Waals surface area contributed by atoms with E-state index in [0.29, 0.717) is 0 Å². The van der Waals surface area contributed by atoms with Gasteiger partial charge in [-0.15, -0.1) is 10.2 Å². The van der Waals surface area contributed by atoms with Crippen molar-refractivity contribution in [2.45, 2.75) is 46.3 Å². The zero-order valence-corrected chi connectivity index (χ0v) is 17.8. The fourth-order valence-corrected chi connectivity index (χ4v) is 3.79. The molecule has 0 saturated heterocycles. The Balaban J connectivity index is 1.39. The first-order chi connectivity index (χ1) is 14.5. The Morgan fingerprint density at radius 1 is 1.10 bits per heavy atom. The predicted molar refractivity (Wildman–Crippen MR) is 115 cm³/mol. The van der Waals surface area contributed by atoms with Crippen LogP contribution in [0, 0.1) is 5.92 Å². The molecule has 0 saturated carbocycles. The van der Waals surface area contributed by atoms with Crippen LogP contribution in [0.15, 0.2) is 47.1 Å². The van der Waals surface area contributed by atoms with Crippen molar-refractivity contribution in [3.05, 3.63) is 59.9 Å². The summed E-state index contributed by atoms with van der Waals surface area (Å²) >= 11 is 0. The fraction of sp³-hybridized carbons (Fsp3) is 0.435. The van der Waals surface area contributed by atoms with Gasteiger partial charge in [0.15, 0.2) is 5.82 Å². The summed E-state index contributed by atoms with van der Waals surface area (Å²) in [6.07, 6.45) is 2.55. The molecule has 0 radical (unpaired) electrons. The Hall–Kier alpha value is -2.93. The number of carbonyl (C=O) groups excluding carboxylic acids is 1. The standard InChI is InChI=1S/C23H29N5O2/c1-16(2)23(29)24-17(3)22-26-25-21-10-11-27(12-13-28(21)22)15-18-6-8-19(9-7-18)20-5-4-14-30-20/h4-9,14,16-17H,10-13,15H2,1-3H3,(H,24,29)/t17-/m1/s1. The van der Waals surface area contributed by atoms with E-state index in [1.807, 2.05) is 32.9 Å². The zero-order valence-electron chi connectivity index (χ0n) is 17.8. The van der Waals surface area contributed by atoms with Gasteiger partial charge >= 0.3 is 0 Å². The van der Waals surface area contributed by atoms with E-state index < -0.39 is 0 Å². The normalized spacial score (nSPS) is 15.6. The van der Waals surface area contributed by atoms with Gasteiger partial charge in [0.05, 0.1) is 12.3 Å². The minimum atomic E-state index is -0.151. The molecule has 0 fully saturated rings. The van der Waals surface area contributed by atoms with E-state index in [-0.39, 0.29) is 17.9 Å². The molecule has 1 N–H and O–H groups in total. The molecule has 1 aliphatic heterocycles. The molecule has 0 spiro atoms. The number of nitrogens with one attached hydrogen (secondary N) is 1. The van der Waals surface area contributed by atoms with Crippen LogP contribution in [0.4, 0.5) is 0 Å². The highest BCUT2D eigenvalue weighted by atomic mass is 16.3. The smallest absolute Gasteiger partial charge is 0.223 e. The summed E-state index contributed by atoms with van der Waals surface area (Å²) in [5.74, 6) is 2.71. The number of hydrogen-bond acceptors (Lipinski definition) is 5. The van der Waals surface area contributed by atoms with Crippen LogP contribution in [0.1, 0.15) is 44.0 Å². The van der Waals surface area contributed by atoms with Crippen molar-refractivity contribution >= 4 is 5.91 Å². The van der Waals surface area contributed by atoms with Gasteiger partial charge in [-0.2, -0.15) is 0 Å². The van der Waals surface area contributed by atoms with Crippen LogP contribution in [0.5, 0.6) is 0 Å². The lowest BCUT2D eigenvalue weighted by Gasteiger charge is -2.20. The first-order valence-electron chi connectivity index (χ1n) is 10.6. The minimum Gasteiger partial charge on any atom is -0.464 e. The van der Waals surface area contributed by atoms with Crippen LogP contribution in [0.25, 0.3) is 11.3 Å². The molecule has 0 aliphatic carbocycles. The van der Waals surface area contributed by atoms with Gasteiger partial charge in [0.25, 0.3) is 0 Å². The molecule has 1 amide bonds. The predicted octanol–water partition coefficient (Wildman–Crippen LogP) is 3.43. The van der Waals surface area contributed by atoms with Crippen LogP contribution in [-0.4, -0.2) is 38.7 Å². The van der Waals surface area contributed by atoms with Crippen molar-refractivity contribution in [1.82, 2.24) is 25.0 Å². The highest BCUT2D eigenvalue weighted by Gasteiger charge is 2.23. The van der Waals surface area contributed by atoms with Crippen LogP contribution >= 0.6 is 0 Å².